The zero-order valence-corrected chi connectivity index (χ0v) is 11.5. The minimum absolute atomic E-state index is 0.708. The van der Waals surface area contributed by atoms with Crippen molar-refractivity contribution in [3.63, 3.8) is 0 Å². The third-order valence-electron chi connectivity index (χ3n) is 2.54. The highest BCUT2D eigenvalue weighted by molar-refractivity contribution is 7.99. The van der Waals surface area contributed by atoms with Crippen LogP contribution in [0.2, 0.25) is 0 Å². The Kier molecular flexibility index (Phi) is 6.74. The second-order valence-corrected chi connectivity index (χ2v) is 5.39. The molecule has 0 spiro atoms. The molecule has 1 aromatic rings. The zero-order chi connectivity index (χ0) is 11.8. The molecule has 1 atom stereocenters. The lowest BCUT2D eigenvalue weighted by atomic mass is 10.1. The molecule has 0 bridgehead atoms. The molecule has 0 aliphatic carbocycles. The number of rotatable bonds is 7. The fraction of sp³-hybridized carbons (Fsp3) is 0.538. The molecule has 0 saturated carbocycles. The van der Waals surface area contributed by atoms with Crippen molar-refractivity contribution in [3.05, 3.63) is 24.3 Å². The van der Waals surface area contributed by atoms with Crippen LogP contribution in [0.15, 0.2) is 29.2 Å². The molecule has 1 unspecified atom stereocenters. The third-order valence-corrected chi connectivity index (χ3v) is 3.85. The Morgan fingerprint density at radius 3 is 2.75 bits per heavy atom. The molecule has 16 heavy (non-hydrogen) atoms. The molecule has 1 nitrogen and oxygen atoms in total. The summed E-state index contributed by atoms with van der Waals surface area (Å²) in [7, 11) is 1.72. The van der Waals surface area contributed by atoms with Crippen LogP contribution < -0.4 is 4.74 Å². The summed E-state index contributed by atoms with van der Waals surface area (Å²) in [5.41, 5.74) is 0. The largest absolute Gasteiger partial charge is 0.496 e. The van der Waals surface area contributed by atoms with Crippen LogP contribution in [0.1, 0.15) is 19.8 Å². The van der Waals surface area contributed by atoms with E-state index >= 15 is 0 Å². The maximum Gasteiger partial charge on any atom is 0.132 e. The Hall–Kier alpha value is -0.340. The topological polar surface area (TPSA) is 9.23 Å². The average Bonchev–Trinajstić information content (AvgIpc) is 2.30. The Bertz CT molecular complexity index is 304. The Morgan fingerprint density at radius 2 is 2.06 bits per heavy atom. The van der Waals surface area contributed by atoms with Gasteiger partial charge >= 0.3 is 0 Å². The smallest absolute Gasteiger partial charge is 0.132 e. The van der Waals surface area contributed by atoms with E-state index in [9.17, 15) is 0 Å². The van der Waals surface area contributed by atoms with Crippen LogP contribution in [0.3, 0.4) is 0 Å². The molecule has 0 fully saturated rings. The standard InChI is InChI=1S/C13H19ClOS/c1-11(7-9-14)8-10-16-13-6-4-3-5-12(13)15-2/h3-6,11H,7-10H2,1-2H3. The summed E-state index contributed by atoms with van der Waals surface area (Å²) < 4.78 is 5.31. The van der Waals surface area contributed by atoms with Crippen molar-refractivity contribution in [2.75, 3.05) is 18.7 Å². The van der Waals surface area contributed by atoms with Gasteiger partial charge in [0.25, 0.3) is 0 Å². The SMILES string of the molecule is COc1ccccc1SCCC(C)CCCl. The summed E-state index contributed by atoms with van der Waals surface area (Å²) in [4.78, 5) is 1.23. The maximum absolute atomic E-state index is 5.71. The van der Waals surface area contributed by atoms with Gasteiger partial charge in [0.1, 0.15) is 5.75 Å². The van der Waals surface area contributed by atoms with Gasteiger partial charge < -0.3 is 4.74 Å². The normalized spacial score (nSPS) is 12.4. The van der Waals surface area contributed by atoms with E-state index in [4.69, 9.17) is 16.3 Å². The van der Waals surface area contributed by atoms with E-state index in [2.05, 4.69) is 13.0 Å². The van der Waals surface area contributed by atoms with Crippen LogP contribution in [-0.2, 0) is 0 Å². The van der Waals surface area contributed by atoms with E-state index in [-0.39, 0.29) is 0 Å². The van der Waals surface area contributed by atoms with Gasteiger partial charge in [-0.3, -0.25) is 0 Å². The van der Waals surface area contributed by atoms with Gasteiger partial charge in [0.15, 0.2) is 0 Å². The van der Waals surface area contributed by atoms with Gasteiger partial charge in [-0.15, -0.1) is 23.4 Å². The quantitative estimate of drug-likeness (QED) is 0.528. The summed E-state index contributed by atoms with van der Waals surface area (Å²) in [6.07, 6.45) is 2.31. The summed E-state index contributed by atoms with van der Waals surface area (Å²) in [5, 5.41) is 0. The molecule has 1 rings (SSSR count). The molecule has 90 valence electrons. The lowest BCUT2D eigenvalue weighted by molar-refractivity contribution is 0.405. The van der Waals surface area contributed by atoms with E-state index < -0.39 is 0 Å². The highest BCUT2D eigenvalue weighted by atomic mass is 35.5. The average molecular weight is 259 g/mol. The van der Waals surface area contributed by atoms with E-state index in [1.165, 1.54) is 11.3 Å². The predicted octanol–water partition coefficient (Wildman–Crippen LogP) is 4.44. The molecule has 0 aromatic heterocycles. The summed E-state index contributed by atoms with van der Waals surface area (Å²) in [6.45, 7) is 2.26. The minimum atomic E-state index is 0.708. The fourth-order valence-corrected chi connectivity index (χ4v) is 3.02. The number of ether oxygens (including phenoxy) is 1. The second-order valence-electron chi connectivity index (χ2n) is 3.87. The number of halogens is 1. The van der Waals surface area contributed by atoms with Crippen molar-refractivity contribution in [2.45, 2.75) is 24.7 Å². The molecule has 0 aliphatic heterocycles. The number of hydrogen-bond acceptors (Lipinski definition) is 2. The number of methoxy groups -OCH3 is 1. The molecule has 1 aromatic carbocycles. The van der Waals surface area contributed by atoms with Gasteiger partial charge in [0.2, 0.25) is 0 Å². The number of benzene rings is 1. The Balaban J connectivity index is 2.36. The highest BCUT2D eigenvalue weighted by Crippen LogP contribution is 2.29. The molecule has 0 saturated heterocycles. The first-order chi connectivity index (χ1) is 7.77. The number of thioether (sulfide) groups is 1. The molecule has 0 aliphatic rings. The van der Waals surface area contributed by atoms with E-state index in [0.717, 1.165) is 23.8 Å². The van der Waals surface area contributed by atoms with E-state index in [1.807, 2.05) is 30.0 Å². The van der Waals surface area contributed by atoms with Crippen LogP contribution in [0.4, 0.5) is 0 Å². The Morgan fingerprint density at radius 1 is 1.31 bits per heavy atom. The van der Waals surface area contributed by atoms with Gasteiger partial charge in [-0.25, -0.2) is 0 Å². The lowest BCUT2D eigenvalue weighted by Gasteiger charge is -2.10. The first kappa shape index (κ1) is 13.7. The zero-order valence-electron chi connectivity index (χ0n) is 9.91. The molecular weight excluding hydrogens is 240 g/mol. The third kappa shape index (κ3) is 4.67. The van der Waals surface area contributed by atoms with Gasteiger partial charge in [-0.1, -0.05) is 19.1 Å². The Labute approximate surface area is 108 Å². The van der Waals surface area contributed by atoms with Crippen LogP contribution >= 0.6 is 23.4 Å². The lowest BCUT2D eigenvalue weighted by Crippen LogP contribution is -1.97. The van der Waals surface area contributed by atoms with Gasteiger partial charge in [0.05, 0.1) is 7.11 Å². The van der Waals surface area contributed by atoms with E-state index in [0.29, 0.717) is 5.92 Å². The van der Waals surface area contributed by atoms with Crippen molar-refractivity contribution in [3.8, 4) is 5.75 Å². The number of hydrogen-bond donors (Lipinski definition) is 0. The first-order valence-corrected chi connectivity index (χ1v) is 7.11. The predicted molar refractivity (Wildman–Crippen MR) is 72.8 cm³/mol. The highest BCUT2D eigenvalue weighted by Gasteiger charge is 2.04. The van der Waals surface area contributed by atoms with Crippen molar-refractivity contribution >= 4 is 23.4 Å². The van der Waals surface area contributed by atoms with Crippen LogP contribution in [-0.4, -0.2) is 18.7 Å². The van der Waals surface area contributed by atoms with Crippen molar-refractivity contribution in [2.24, 2.45) is 5.92 Å². The van der Waals surface area contributed by atoms with Crippen LogP contribution in [0.25, 0.3) is 0 Å². The monoisotopic (exact) mass is 258 g/mol. The molecule has 0 N–H and O–H groups in total. The molecule has 0 amide bonds. The van der Waals surface area contributed by atoms with Gasteiger partial charge in [-0.2, -0.15) is 0 Å². The minimum Gasteiger partial charge on any atom is -0.496 e. The maximum atomic E-state index is 5.71. The second kappa shape index (κ2) is 7.86. The molecule has 0 radical (unpaired) electrons. The molecular formula is C13H19ClOS. The summed E-state index contributed by atoms with van der Waals surface area (Å²) >= 11 is 7.57. The summed E-state index contributed by atoms with van der Waals surface area (Å²) in [5.74, 6) is 3.57. The summed E-state index contributed by atoms with van der Waals surface area (Å²) in [6, 6.07) is 8.16. The van der Waals surface area contributed by atoms with Crippen molar-refractivity contribution in [1.82, 2.24) is 0 Å². The van der Waals surface area contributed by atoms with Crippen molar-refractivity contribution < 1.29 is 4.74 Å². The van der Waals surface area contributed by atoms with Gasteiger partial charge in [-0.05, 0) is 36.6 Å². The van der Waals surface area contributed by atoms with Crippen molar-refractivity contribution in [1.29, 1.82) is 0 Å². The van der Waals surface area contributed by atoms with E-state index in [1.54, 1.807) is 7.11 Å². The fourth-order valence-electron chi connectivity index (χ4n) is 1.44. The van der Waals surface area contributed by atoms with Crippen LogP contribution in [0, 0.1) is 5.92 Å². The van der Waals surface area contributed by atoms with Crippen LogP contribution in [0.5, 0.6) is 5.75 Å². The van der Waals surface area contributed by atoms with Gasteiger partial charge in [0, 0.05) is 10.8 Å². The first-order valence-electron chi connectivity index (χ1n) is 5.59. The number of alkyl halides is 1. The number of para-hydroxylation sites is 1. The molecule has 0 heterocycles. The molecule has 3 heteroatoms.